The van der Waals surface area contributed by atoms with Crippen LogP contribution in [0.25, 0.3) is 0 Å². The first-order chi connectivity index (χ1) is 17.0. The number of hydrogen-bond donors (Lipinski definition) is 5. The summed E-state index contributed by atoms with van der Waals surface area (Å²) in [6, 6.07) is -0.389. The molecular weight excluding hydrogens is 462 g/mol. The second-order valence-corrected chi connectivity index (χ2v) is 9.00. The fourth-order valence-corrected chi connectivity index (χ4v) is 3.81. The van der Waals surface area contributed by atoms with Gasteiger partial charge in [0, 0.05) is 13.0 Å². The summed E-state index contributed by atoms with van der Waals surface area (Å²) in [5.41, 5.74) is 5.07. The number of primary amides is 1. The molecule has 2 amide bonds. The fraction of sp³-hybridized carbons (Fsp3) is 0.889. The molecule has 0 bridgehead atoms. The molecule has 210 valence electrons. The van der Waals surface area contributed by atoms with Crippen LogP contribution in [0.5, 0.6) is 0 Å². The van der Waals surface area contributed by atoms with E-state index in [4.69, 9.17) is 10.8 Å². The highest BCUT2D eigenvalue weighted by Gasteiger charge is 2.11. The monoisotopic (exact) mass is 519 g/mol. The summed E-state index contributed by atoms with van der Waals surface area (Å²) in [6.45, 7) is 6.90. The molecule has 0 radical (unpaired) electrons. The molecule has 0 aliphatic rings. The van der Waals surface area contributed by atoms with Crippen LogP contribution in [0.15, 0.2) is 0 Å². The van der Waals surface area contributed by atoms with E-state index in [-0.39, 0.29) is 6.04 Å². The molecule has 0 saturated heterocycles. The van der Waals surface area contributed by atoms with Gasteiger partial charge in [0.25, 0.3) is 0 Å². The highest BCUT2D eigenvalue weighted by Crippen LogP contribution is 2.13. The lowest BCUT2D eigenvalue weighted by atomic mass is 10.0. The third-order valence-corrected chi connectivity index (χ3v) is 5.95. The second kappa shape index (κ2) is 34.9. The second-order valence-electron chi connectivity index (χ2n) is 8.75. The largest absolute Gasteiger partial charge is 0.481 e. The zero-order valence-electron chi connectivity index (χ0n) is 23.0. The minimum atomic E-state index is -0.653. The summed E-state index contributed by atoms with van der Waals surface area (Å²) in [4.78, 5) is 30.9. The Kier molecular flexibility index (Phi) is 38.1. The van der Waals surface area contributed by atoms with E-state index in [2.05, 4.69) is 29.8 Å². The summed E-state index contributed by atoms with van der Waals surface area (Å²) in [5, 5.41) is 11.1. The van der Waals surface area contributed by atoms with Crippen molar-refractivity contribution in [1.82, 2.24) is 10.0 Å². The van der Waals surface area contributed by atoms with Gasteiger partial charge in [0.2, 0.25) is 12.3 Å². The first kappa shape index (κ1) is 38.3. The first-order valence-corrected chi connectivity index (χ1v) is 14.5. The number of thiol groups is 1. The number of amides is 2. The summed E-state index contributed by atoms with van der Waals surface area (Å²) < 4.78 is 2.52. The predicted molar refractivity (Wildman–Crippen MR) is 152 cm³/mol. The summed E-state index contributed by atoms with van der Waals surface area (Å²) in [7, 11) is 0. The molecular formula is C27H57N3O4S. The number of carboxylic acid groups (broad SMARTS) is 1. The maximum atomic E-state index is 10.7. The van der Waals surface area contributed by atoms with Crippen LogP contribution < -0.4 is 15.8 Å². The van der Waals surface area contributed by atoms with Crippen molar-refractivity contribution in [2.75, 3.05) is 6.54 Å². The van der Waals surface area contributed by atoms with Crippen molar-refractivity contribution < 1.29 is 19.5 Å². The quantitative estimate of drug-likeness (QED) is 0.0562. The van der Waals surface area contributed by atoms with Gasteiger partial charge in [-0.05, 0) is 25.7 Å². The number of carboxylic acids is 1. The van der Waals surface area contributed by atoms with Crippen LogP contribution in [-0.2, 0) is 14.4 Å². The van der Waals surface area contributed by atoms with E-state index in [1.165, 1.54) is 83.5 Å². The molecule has 1 atom stereocenters. The van der Waals surface area contributed by atoms with Crippen molar-refractivity contribution >= 4 is 31.1 Å². The standard InChI is InChI=1S/C18H36O2.C7H15N3O2S.C2H6/c1-2-3-4-5-6-7-8-9-10-11-12-13-14-15-16-17-18(19)20;8-7(12)6(10-13)3-1-2-4-9-5-11;1-2/h2-17H2,1H3,(H,19,20);5-6,10,13H,1-4H2,(H2,8,12)(H,9,11);1-2H3. The van der Waals surface area contributed by atoms with Gasteiger partial charge >= 0.3 is 5.97 Å². The van der Waals surface area contributed by atoms with E-state index in [9.17, 15) is 14.4 Å². The van der Waals surface area contributed by atoms with Gasteiger partial charge < -0.3 is 16.2 Å². The third kappa shape index (κ3) is 37.4. The molecule has 0 rings (SSSR count). The highest BCUT2D eigenvalue weighted by atomic mass is 32.1. The summed E-state index contributed by atoms with van der Waals surface area (Å²) in [5.74, 6) is -1.06. The van der Waals surface area contributed by atoms with Crippen LogP contribution in [0.1, 0.15) is 143 Å². The number of nitrogens with two attached hydrogens (primary N) is 1. The molecule has 0 heterocycles. The van der Waals surface area contributed by atoms with Crippen molar-refractivity contribution in [3.63, 3.8) is 0 Å². The van der Waals surface area contributed by atoms with Gasteiger partial charge in [-0.2, -0.15) is 0 Å². The van der Waals surface area contributed by atoms with Crippen LogP contribution in [0.4, 0.5) is 0 Å². The van der Waals surface area contributed by atoms with Crippen LogP contribution in [0, 0.1) is 0 Å². The average Bonchev–Trinajstić information content (AvgIpc) is 2.85. The molecule has 0 aliphatic heterocycles. The zero-order chi connectivity index (χ0) is 27.0. The summed E-state index contributed by atoms with van der Waals surface area (Å²) in [6.07, 6.45) is 23.1. The molecule has 1 unspecified atom stereocenters. The molecule has 35 heavy (non-hydrogen) atoms. The van der Waals surface area contributed by atoms with E-state index in [0.29, 0.717) is 25.8 Å². The Labute approximate surface area is 221 Å². The van der Waals surface area contributed by atoms with E-state index in [1.54, 1.807) is 0 Å². The van der Waals surface area contributed by atoms with E-state index in [1.807, 2.05) is 13.8 Å². The van der Waals surface area contributed by atoms with Crippen LogP contribution in [-0.4, -0.2) is 36.0 Å². The van der Waals surface area contributed by atoms with E-state index >= 15 is 0 Å². The smallest absolute Gasteiger partial charge is 0.303 e. The molecule has 0 aromatic carbocycles. The van der Waals surface area contributed by atoms with Gasteiger partial charge in [0.05, 0.1) is 6.04 Å². The van der Waals surface area contributed by atoms with Crippen LogP contribution in [0.3, 0.4) is 0 Å². The normalized spacial score (nSPS) is 10.9. The van der Waals surface area contributed by atoms with Crippen LogP contribution >= 0.6 is 12.8 Å². The lowest BCUT2D eigenvalue weighted by molar-refractivity contribution is -0.137. The lowest BCUT2D eigenvalue weighted by Gasteiger charge is -2.10. The molecule has 0 aromatic rings. The molecule has 0 aliphatic carbocycles. The third-order valence-electron chi connectivity index (χ3n) is 5.64. The van der Waals surface area contributed by atoms with Crippen molar-refractivity contribution in [2.45, 2.75) is 149 Å². The fourth-order valence-electron chi connectivity index (χ4n) is 3.55. The Hall–Kier alpha value is -1.28. The van der Waals surface area contributed by atoms with E-state index in [0.717, 1.165) is 25.7 Å². The van der Waals surface area contributed by atoms with Gasteiger partial charge in [-0.3, -0.25) is 19.1 Å². The zero-order valence-corrected chi connectivity index (χ0v) is 23.9. The van der Waals surface area contributed by atoms with E-state index < -0.39 is 11.9 Å². The van der Waals surface area contributed by atoms with Crippen molar-refractivity contribution in [3.8, 4) is 0 Å². The molecule has 5 N–H and O–H groups in total. The Balaban J connectivity index is -0.000000590. The predicted octanol–water partition coefficient (Wildman–Crippen LogP) is 6.55. The molecule has 0 aromatic heterocycles. The minimum Gasteiger partial charge on any atom is -0.481 e. The maximum Gasteiger partial charge on any atom is 0.303 e. The Morgan fingerprint density at radius 1 is 0.800 bits per heavy atom. The number of unbranched alkanes of at least 4 members (excludes halogenated alkanes) is 15. The first-order valence-electron chi connectivity index (χ1n) is 14.1. The summed E-state index contributed by atoms with van der Waals surface area (Å²) >= 11 is 3.78. The van der Waals surface area contributed by atoms with Gasteiger partial charge in [0.1, 0.15) is 0 Å². The Morgan fingerprint density at radius 2 is 1.23 bits per heavy atom. The van der Waals surface area contributed by atoms with Crippen molar-refractivity contribution in [1.29, 1.82) is 0 Å². The number of aliphatic carboxylic acids is 1. The maximum absolute atomic E-state index is 10.7. The van der Waals surface area contributed by atoms with Gasteiger partial charge in [-0.15, -0.1) is 0 Å². The SMILES string of the molecule is CC.CCCCCCCCCCCCCCCCCC(=O)O.NC(=O)C(CCCCNC=O)NS. The van der Waals surface area contributed by atoms with Crippen molar-refractivity contribution in [3.05, 3.63) is 0 Å². The van der Waals surface area contributed by atoms with Crippen LogP contribution in [0.2, 0.25) is 0 Å². The van der Waals surface area contributed by atoms with Crippen molar-refractivity contribution in [2.24, 2.45) is 5.73 Å². The Bertz CT molecular complexity index is 454. The highest BCUT2D eigenvalue weighted by molar-refractivity contribution is 7.78. The number of carbonyl (C=O) groups excluding carboxylic acids is 2. The molecule has 0 saturated carbocycles. The number of nitrogens with one attached hydrogen (secondary N) is 2. The number of carbonyl (C=O) groups is 3. The van der Waals surface area contributed by atoms with Gasteiger partial charge in [-0.25, -0.2) is 0 Å². The Morgan fingerprint density at radius 3 is 1.57 bits per heavy atom. The topological polar surface area (TPSA) is 122 Å². The molecule has 8 heteroatoms. The minimum absolute atomic E-state index is 0.345. The van der Waals surface area contributed by atoms with Gasteiger partial charge in [-0.1, -0.05) is 123 Å². The molecule has 0 spiro atoms. The molecule has 0 fully saturated rings. The average molecular weight is 520 g/mol. The molecule has 7 nitrogen and oxygen atoms in total. The van der Waals surface area contributed by atoms with Gasteiger partial charge in [0.15, 0.2) is 0 Å². The lowest BCUT2D eigenvalue weighted by Crippen LogP contribution is -2.36. The number of rotatable bonds is 24. The number of hydrogen-bond acceptors (Lipinski definition) is 5.